The van der Waals surface area contributed by atoms with Crippen LogP contribution in [0.15, 0.2) is 48.5 Å². The predicted octanol–water partition coefficient (Wildman–Crippen LogP) is 3.04. The van der Waals surface area contributed by atoms with Gasteiger partial charge in [0.1, 0.15) is 6.61 Å². The molecule has 1 heterocycles. The lowest BCUT2D eigenvalue weighted by Crippen LogP contribution is -2.26. The van der Waals surface area contributed by atoms with E-state index in [-0.39, 0.29) is 12.5 Å². The molecule has 0 aromatic heterocycles. The van der Waals surface area contributed by atoms with Crippen LogP contribution in [-0.2, 0) is 16.1 Å². The molecule has 0 unspecified atom stereocenters. The van der Waals surface area contributed by atoms with Crippen LogP contribution < -0.4 is 4.90 Å². The first-order valence-corrected chi connectivity index (χ1v) is 7.75. The number of ether oxygens (including phenoxy) is 1. The Morgan fingerprint density at radius 1 is 1.17 bits per heavy atom. The SMILES string of the molecule is N#Cc1ccccc1COC(=O)c1ccccc1N1CCCC1=O. The zero-order valence-corrected chi connectivity index (χ0v) is 13.1. The monoisotopic (exact) mass is 320 g/mol. The molecule has 1 fully saturated rings. The average molecular weight is 320 g/mol. The van der Waals surface area contributed by atoms with Crippen LogP contribution in [0.1, 0.15) is 34.3 Å². The number of rotatable bonds is 4. The van der Waals surface area contributed by atoms with Crippen molar-refractivity contribution in [2.24, 2.45) is 0 Å². The quantitative estimate of drug-likeness (QED) is 0.812. The van der Waals surface area contributed by atoms with E-state index in [2.05, 4.69) is 6.07 Å². The molecule has 0 N–H and O–H groups in total. The molecule has 1 amide bonds. The zero-order chi connectivity index (χ0) is 16.9. The summed E-state index contributed by atoms with van der Waals surface area (Å²) < 4.78 is 5.36. The van der Waals surface area contributed by atoms with Crippen LogP contribution in [-0.4, -0.2) is 18.4 Å². The van der Waals surface area contributed by atoms with Gasteiger partial charge in [-0.3, -0.25) is 4.79 Å². The summed E-state index contributed by atoms with van der Waals surface area (Å²) in [6, 6.07) is 16.0. The summed E-state index contributed by atoms with van der Waals surface area (Å²) in [5.74, 6) is -0.483. The Kier molecular flexibility index (Phi) is 4.57. The van der Waals surface area contributed by atoms with E-state index in [1.54, 1.807) is 53.4 Å². The maximum absolute atomic E-state index is 12.5. The maximum atomic E-state index is 12.5. The first-order valence-electron chi connectivity index (χ1n) is 7.75. The van der Waals surface area contributed by atoms with Crippen molar-refractivity contribution in [1.82, 2.24) is 0 Å². The minimum Gasteiger partial charge on any atom is -0.457 e. The average Bonchev–Trinajstić information content (AvgIpc) is 3.05. The fraction of sp³-hybridized carbons (Fsp3) is 0.211. The Bertz CT molecular complexity index is 823. The van der Waals surface area contributed by atoms with Gasteiger partial charge in [-0.25, -0.2) is 4.79 Å². The van der Waals surface area contributed by atoms with Crippen molar-refractivity contribution in [3.05, 3.63) is 65.2 Å². The second kappa shape index (κ2) is 6.97. The number of hydrogen-bond donors (Lipinski definition) is 0. The van der Waals surface area contributed by atoms with Crippen LogP contribution in [0.5, 0.6) is 0 Å². The van der Waals surface area contributed by atoms with Crippen molar-refractivity contribution >= 4 is 17.6 Å². The fourth-order valence-corrected chi connectivity index (χ4v) is 2.76. The Morgan fingerprint density at radius 2 is 1.92 bits per heavy atom. The van der Waals surface area contributed by atoms with Gasteiger partial charge in [-0.2, -0.15) is 5.26 Å². The Balaban J connectivity index is 1.79. The molecule has 1 saturated heterocycles. The molecule has 2 aromatic carbocycles. The third kappa shape index (κ3) is 3.13. The van der Waals surface area contributed by atoms with E-state index in [1.807, 2.05) is 0 Å². The molecule has 0 radical (unpaired) electrons. The van der Waals surface area contributed by atoms with E-state index in [4.69, 9.17) is 10.00 Å². The summed E-state index contributed by atoms with van der Waals surface area (Å²) in [6.45, 7) is 0.630. The van der Waals surface area contributed by atoms with Crippen LogP contribution in [0.2, 0.25) is 0 Å². The standard InChI is InChI=1S/C19H16N2O3/c20-12-14-6-1-2-7-15(14)13-24-19(23)16-8-3-4-9-17(16)21-11-5-10-18(21)22/h1-4,6-9H,5,10-11,13H2. The number of carbonyl (C=O) groups is 2. The van der Waals surface area contributed by atoms with Gasteiger partial charge in [0.25, 0.3) is 0 Å². The van der Waals surface area contributed by atoms with Gasteiger partial charge < -0.3 is 9.64 Å². The summed E-state index contributed by atoms with van der Waals surface area (Å²) in [7, 11) is 0. The highest BCUT2D eigenvalue weighted by atomic mass is 16.5. The highest BCUT2D eigenvalue weighted by Crippen LogP contribution is 2.26. The molecule has 0 atom stereocenters. The third-order valence-corrected chi connectivity index (χ3v) is 3.98. The van der Waals surface area contributed by atoms with Gasteiger partial charge in [0.15, 0.2) is 0 Å². The predicted molar refractivity (Wildman–Crippen MR) is 88.3 cm³/mol. The highest BCUT2D eigenvalue weighted by Gasteiger charge is 2.26. The summed E-state index contributed by atoms with van der Waals surface area (Å²) in [5.41, 5.74) is 2.08. The highest BCUT2D eigenvalue weighted by molar-refractivity contribution is 6.03. The van der Waals surface area contributed by atoms with Crippen molar-refractivity contribution in [1.29, 1.82) is 5.26 Å². The van der Waals surface area contributed by atoms with E-state index in [9.17, 15) is 9.59 Å². The topological polar surface area (TPSA) is 70.4 Å². The Morgan fingerprint density at radius 3 is 2.67 bits per heavy atom. The van der Waals surface area contributed by atoms with Crippen molar-refractivity contribution < 1.29 is 14.3 Å². The number of hydrogen-bond acceptors (Lipinski definition) is 4. The first kappa shape index (κ1) is 15.8. The molecule has 0 bridgehead atoms. The molecule has 24 heavy (non-hydrogen) atoms. The van der Waals surface area contributed by atoms with Crippen molar-refractivity contribution in [2.75, 3.05) is 11.4 Å². The summed E-state index contributed by atoms with van der Waals surface area (Å²) in [6.07, 6.45) is 1.29. The van der Waals surface area contributed by atoms with Crippen LogP contribution in [0.25, 0.3) is 0 Å². The van der Waals surface area contributed by atoms with E-state index in [1.165, 1.54) is 0 Å². The van der Waals surface area contributed by atoms with E-state index >= 15 is 0 Å². The lowest BCUT2D eigenvalue weighted by atomic mass is 10.1. The minimum atomic E-state index is -0.502. The number of para-hydroxylation sites is 1. The normalized spacial score (nSPS) is 13.6. The van der Waals surface area contributed by atoms with Crippen molar-refractivity contribution in [3.8, 4) is 6.07 Å². The van der Waals surface area contributed by atoms with E-state index in [0.29, 0.717) is 35.3 Å². The molecule has 1 aliphatic heterocycles. The van der Waals surface area contributed by atoms with Crippen LogP contribution in [0.4, 0.5) is 5.69 Å². The zero-order valence-electron chi connectivity index (χ0n) is 13.1. The summed E-state index contributed by atoms with van der Waals surface area (Å²) in [4.78, 5) is 26.0. The number of amides is 1. The molecule has 120 valence electrons. The molecular weight excluding hydrogens is 304 g/mol. The van der Waals surface area contributed by atoms with Gasteiger partial charge in [0.2, 0.25) is 5.91 Å². The van der Waals surface area contributed by atoms with Crippen LogP contribution >= 0.6 is 0 Å². The number of nitriles is 1. The smallest absolute Gasteiger partial charge is 0.340 e. The number of benzene rings is 2. The largest absolute Gasteiger partial charge is 0.457 e. The van der Waals surface area contributed by atoms with Gasteiger partial charge in [-0.15, -0.1) is 0 Å². The summed E-state index contributed by atoms with van der Waals surface area (Å²) >= 11 is 0. The van der Waals surface area contributed by atoms with E-state index in [0.717, 1.165) is 6.42 Å². The molecule has 0 saturated carbocycles. The van der Waals surface area contributed by atoms with Gasteiger partial charge >= 0.3 is 5.97 Å². The van der Waals surface area contributed by atoms with Gasteiger partial charge in [-0.1, -0.05) is 30.3 Å². The molecule has 0 aliphatic carbocycles. The van der Waals surface area contributed by atoms with Gasteiger partial charge in [0.05, 0.1) is 22.9 Å². The number of nitrogens with zero attached hydrogens (tertiary/aromatic N) is 2. The first-order chi connectivity index (χ1) is 11.7. The number of esters is 1. The molecule has 1 aliphatic rings. The molecule has 5 nitrogen and oxygen atoms in total. The molecule has 3 rings (SSSR count). The second-order valence-electron chi connectivity index (χ2n) is 5.51. The van der Waals surface area contributed by atoms with Crippen LogP contribution in [0, 0.1) is 11.3 Å². The van der Waals surface area contributed by atoms with E-state index < -0.39 is 5.97 Å². The lowest BCUT2D eigenvalue weighted by molar-refractivity contribution is -0.117. The molecule has 0 spiro atoms. The van der Waals surface area contributed by atoms with Crippen molar-refractivity contribution in [2.45, 2.75) is 19.4 Å². The summed E-state index contributed by atoms with van der Waals surface area (Å²) in [5, 5.41) is 9.08. The Labute approximate surface area is 140 Å². The fourth-order valence-electron chi connectivity index (χ4n) is 2.76. The van der Waals surface area contributed by atoms with Crippen molar-refractivity contribution in [3.63, 3.8) is 0 Å². The molecular formula is C19H16N2O3. The number of carbonyl (C=O) groups excluding carboxylic acids is 2. The second-order valence-corrected chi connectivity index (χ2v) is 5.51. The van der Waals surface area contributed by atoms with Gasteiger partial charge in [-0.05, 0) is 24.6 Å². The third-order valence-electron chi connectivity index (χ3n) is 3.98. The minimum absolute atomic E-state index is 0.0186. The van der Waals surface area contributed by atoms with Gasteiger partial charge in [0, 0.05) is 18.5 Å². The van der Waals surface area contributed by atoms with Crippen LogP contribution in [0.3, 0.4) is 0 Å². The molecule has 5 heteroatoms. The molecule has 2 aromatic rings. The maximum Gasteiger partial charge on any atom is 0.340 e. The Hall–Kier alpha value is -3.13. The number of anilines is 1. The lowest BCUT2D eigenvalue weighted by Gasteiger charge is -2.19.